The highest BCUT2D eigenvalue weighted by molar-refractivity contribution is 5.91. The lowest BCUT2D eigenvalue weighted by Gasteiger charge is -2.42. The quantitative estimate of drug-likeness (QED) is 0.277. The van der Waals surface area contributed by atoms with Gasteiger partial charge in [-0.1, -0.05) is 0 Å². The van der Waals surface area contributed by atoms with Crippen molar-refractivity contribution in [2.24, 2.45) is 28.0 Å². The Kier molecular flexibility index (Phi) is 8.67. The maximum absolute atomic E-state index is 13.1. The van der Waals surface area contributed by atoms with Crippen LogP contribution in [0.3, 0.4) is 0 Å². The van der Waals surface area contributed by atoms with E-state index in [9.17, 15) is 20.1 Å². The van der Waals surface area contributed by atoms with Crippen LogP contribution in [0.15, 0.2) is 0 Å². The molecule has 0 aliphatic carbocycles. The standard InChI is InChI=1S/C15H33N3O4/c1-10(16)4-14(5-11(2)17,6-12(3)18)13(22)15(7-19,8-20)9-21/h10-12,19-21H,4-9,16-18H2,1-3H3. The second-order valence-corrected chi connectivity index (χ2v) is 6.91. The molecule has 7 nitrogen and oxygen atoms in total. The van der Waals surface area contributed by atoms with Crippen molar-refractivity contribution in [2.75, 3.05) is 19.8 Å². The summed E-state index contributed by atoms with van der Waals surface area (Å²) in [5, 5.41) is 28.7. The number of rotatable bonds is 11. The average molecular weight is 319 g/mol. The van der Waals surface area contributed by atoms with Gasteiger partial charge in [0.1, 0.15) is 0 Å². The van der Waals surface area contributed by atoms with Crippen LogP contribution in [0.4, 0.5) is 0 Å². The first-order valence-corrected chi connectivity index (χ1v) is 7.73. The van der Waals surface area contributed by atoms with E-state index in [4.69, 9.17) is 17.2 Å². The zero-order valence-corrected chi connectivity index (χ0v) is 14.0. The molecule has 132 valence electrons. The molecule has 0 aliphatic rings. The monoisotopic (exact) mass is 319 g/mol. The predicted molar refractivity (Wildman–Crippen MR) is 85.9 cm³/mol. The van der Waals surface area contributed by atoms with Crippen molar-refractivity contribution in [3.63, 3.8) is 0 Å². The molecule has 0 aromatic rings. The highest BCUT2D eigenvalue weighted by Gasteiger charge is 2.50. The van der Waals surface area contributed by atoms with Crippen LogP contribution in [0.25, 0.3) is 0 Å². The third-order valence-corrected chi connectivity index (χ3v) is 4.01. The number of carbonyl (C=O) groups is 1. The van der Waals surface area contributed by atoms with Crippen LogP contribution in [0.2, 0.25) is 0 Å². The molecule has 0 aliphatic heterocycles. The van der Waals surface area contributed by atoms with E-state index >= 15 is 0 Å². The second kappa shape index (κ2) is 8.90. The fraction of sp³-hybridized carbons (Fsp3) is 0.933. The van der Waals surface area contributed by atoms with Gasteiger partial charge >= 0.3 is 0 Å². The van der Waals surface area contributed by atoms with Crippen LogP contribution in [0.5, 0.6) is 0 Å². The van der Waals surface area contributed by atoms with Crippen LogP contribution in [-0.4, -0.2) is 59.0 Å². The van der Waals surface area contributed by atoms with Crippen molar-refractivity contribution < 1.29 is 20.1 Å². The second-order valence-electron chi connectivity index (χ2n) is 6.91. The zero-order chi connectivity index (χ0) is 17.6. The molecule has 0 aromatic carbocycles. The molecule has 0 saturated carbocycles. The van der Waals surface area contributed by atoms with Crippen molar-refractivity contribution in [3.8, 4) is 0 Å². The number of hydrogen-bond acceptors (Lipinski definition) is 7. The Morgan fingerprint density at radius 3 is 1.23 bits per heavy atom. The minimum absolute atomic E-state index is 0.282. The summed E-state index contributed by atoms with van der Waals surface area (Å²) in [7, 11) is 0. The molecule has 0 radical (unpaired) electrons. The fourth-order valence-corrected chi connectivity index (χ4v) is 3.30. The van der Waals surface area contributed by atoms with Gasteiger partial charge in [0.25, 0.3) is 0 Å². The molecule has 0 amide bonds. The van der Waals surface area contributed by atoms with E-state index in [2.05, 4.69) is 0 Å². The van der Waals surface area contributed by atoms with E-state index < -0.39 is 36.4 Å². The van der Waals surface area contributed by atoms with Crippen LogP contribution in [-0.2, 0) is 4.79 Å². The summed E-state index contributed by atoms with van der Waals surface area (Å²) in [6.45, 7) is 3.42. The molecule has 0 fully saturated rings. The predicted octanol–water partition coefficient (Wildman–Crippen LogP) is -1.28. The normalized spacial score (nSPS) is 19.3. The van der Waals surface area contributed by atoms with E-state index in [-0.39, 0.29) is 18.1 Å². The van der Waals surface area contributed by atoms with Gasteiger partial charge in [0.2, 0.25) is 0 Å². The lowest BCUT2D eigenvalue weighted by molar-refractivity contribution is -0.150. The summed E-state index contributed by atoms with van der Waals surface area (Å²) in [5.41, 5.74) is 15.1. The highest BCUT2D eigenvalue weighted by atomic mass is 16.3. The van der Waals surface area contributed by atoms with E-state index in [0.29, 0.717) is 19.3 Å². The summed E-state index contributed by atoms with van der Waals surface area (Å²) in [4.78, 5) is 13.1. The molecular formula is C15H33N3O4. The molecule has 0 aromatic heterocycles. The van der Waals surface area contributed by atoms with Crippen LogP contribution in [0, 0.1) is 10.8 Å². The van der Waals surface area contributed by atoms with Gasteiger partial charge in [0.05, 0.1) is 25.2 Å². The molecular weight excluding hydrogens is 286 g/mol. The Balaban J connectivity index is 5.91. The fourth-order valence-electron chi connectivity index (χ4n) is 3.30. The first-order chi connectivity index (χ1) is 10.1. The number of ketones is 1. The topological polar surface area (TPSA) is 156 Å². The third-order valence-electron chi connectivity index (χ3n) is 4.01. The first kappa shape index (κ1) is 21.4. The lowest BCUT2D eigenvalue weighted by Crippen LogP contribution is -2.54. The highest BCUT2D eigenvalue weighted by Crippen LogP contribution is 2.41. The van der Waals surface area contributed by atoms with Gasteiger partial charge in [0, 0.05) is 23.5 Å². The number of aliphatic hydroxyl groups is 3. The van der Waals surface area contributed by atoms with Gasteiger partial charge in [-0.3, -0.25) is 4.79 Å². The van der Waals surface area contributed by atoms with Crippen molar-refractivity contribution in [1.29, 1.82) is 0 Å². The number of nitrogens with two attached hydrogens (primary N) is 3. The maximum atomic E-state index is 13.1. The molecule has 0 heterocycles. The lowest BCUT2D eigenvalue weighted by atomic mass is 9.62. The van der Waals surface area contributed by atoms with Crippen LogP contribution < -0.4 is 17.2 Å². The Labute approximate surface area is 132 Å². The van der Waals surface area contributed by atoms with Gasteiger partial charge in [-0.05, 0) is 40.0 Å². The van der Waals surface area contributed by atoms with Gasteiger partial charge in [-0.2, -0.15) is 0 Å². The number of carbonyl (C=O) groups excluding carboxylic acids is 1. The first-order valence-electron chi connectivity index (χ1n) is 7.73. The van der Waals surface area contributed by atoms with E-state index in [1.165, 1.54) is 0 Å². The van der Waals surface area contributed by atoms with Crippen molar-refractivity contribution in [2.45, 2.75) is 58.2 Å². The SMILES string of the molecule is CC(N)CC(CC(C)N)(CC(C)N)C(=O)C(CO)(CO)CO. The Hall–Kier alpha value is -0.570. The summed E-state index contributed by atoms with van der Waals surface area (Å²) in [6, 6.07) is -0.847. The van der Waals surface area contributed by atoms with Gasteiger partial charge in [-0.15, -0.1) is 0 Å². The van der Waals surface area contributed by atoms with E-state index in [0.717, 1.165) is 0 Å². The molecule has 9 N–H and O–H groups in total. The molecule has 0 spiro atoms. The molecule has 7 heteroatoms. The van der Waals surface area contributed by atoms with Crippen LogP contribution >= 0.6 is 0 Å². The number of aliphatic hydroxyl groups excluding tert-OH is 3. The van der Waals surface area contributed by atoms with Gasteiger partial charge in [-0.25, -0.2) is 0 Å². The molecule has 0 bridgehead atoms. The molecule has 3 unspecified atom stereocenters. The number of Topliss-reactive ketones (excluding diaryl/α,β-unsaturated/α-hetero) is 1. The van der Waals surface area contributed by atoms with Crippen molar-refractivity contribution in [3.05, 3.63) is 0 Å². The summed E-state index contributed by atoms with van der Waals surface area (Å²) in [5.74, 6) is -0.417. The average Bonchev–Trinajstić information content (AvgIpc) is 2.38. The van der Waals surface area contributed by atoms with Gasteiger partial charge in [0.15, 0.2) is 5.78 Å². The smallest absolute Gasteiger partial charge is 0.152 e. The molecule has 3 atom stereocenters. The zero-order valence-electron chi connectivity index (χ0n) is 14.0. The molecule has 22 heavy (non-hydrogen) atoms. The van der Waals surface area contributed by atoms with Crippen molar-refractivity contribution >= 4 is 5.78 Å². The van der Waals surface area contributed by atoms with E-state index in [1.807, 2.05) is 0 Å². The summed E-state index contributed by atoms with van der Waals surface area (Å²) >= 11 is 0. The number of hydrogen-bond donors (Lipinski definition) is 6. The van der Waals surface area contributed by atoms with E-state index in [1.54, 1.807) is 20.8 Å². The van der Waals surface area contributed by atoms with Crippen LogP contribution in [0.1, 0.15) is 40.0 Å². The van der Waals surface area contributed by atoms with Gasteiger partial charge < -0.3 is 32.5 Å². The Morgan fingerprint density at radius 2 is 1.05 bits per heavy atom. The summed E-state index contributed by atoms with van der Waals surface area (Å²) < 4.78 is 0. The largest absolute Gasteiger partial charge is 0.395 e. The third kappa shape index (κ3) is 5.26. The minimum Gasteiger partial charge on any atom is -0.395 e. The van der Waals surface area contributed by atoms with Crippen molar-refractivity contribution in [1.82, 2.24) is 0 Å². The summed E-state index contributed by atoms with van der Waals surface area (Å²) in [6.07, 6.45) is 0.990. The minimum atomic E-state index is -1.61. The molecule has 0 saturated heterocycles. The maximum Gasteiger partial charge on any atom is 0.152 e. The Bertz CT molecular complexity index is 307. The Morgan fingerprint density at radius 1 is 0.773 bits per heavy atom. The molecule has 0 rings (SSSR count).